The molecule has 150 valence electrons. The third kappa shape index (κ3) is 4.13. The van der Waals surface area contributed by atoms with Crippen LogP contribution in [0.3, 0.4) is 0 Å². The van der Waals surface area contributed by atoms with Gasteiger partial charge in [-0.1, -0.05) is 23.4 Å². The summed E-state index contributed by atoms with van der Waals surface area (Å²) in [6.45, 7) is 0.830. The Balaban J connectivity index is 1.56. The quantitative estimate of drug-likeness (QED) is 0.620. The van der Waals surface area contributed by atoms with Crippen molar-refractivity contribution in [1.82, 2.24) is 20.0 Å². The zero-order valence-electron chi connectivity index (χ0n) is 15.2. The van der Waals surface area contributed by atoms with E-state index < -0.39 is 11.7 Å². The number of carbonyl (C=O) groups is 1. The van der Waals surface area contributed by atoms with Crippen molar-refractivity contribution in [3.05, 3.63) is 65.7 Å². The van der Waals surface area contributed by atoms with Gasteiger partial charge in [0.15, 0.2) is 0 Å². The second kappa shape index (κ2) is 7.65. The maximum atomic E-state index is 12.8. The van der Waals surface area contributed by atoms with E-state index in [1.54, 1.807) is 23.2 Å². The van der Waals surface area contributed by atoms with E-state index in [1.807, 2.05) is 6.07 Å². The molecule has 0 saturated carbocycles. The molecule has 0 aliphatic carbocycles. The number of aromatic nitrogens is 3. The molecule has 1 aliphatic heterocycles. The fraction of sp³-hybridized carbons (Fsp3) is 0.300. The van der Waals surface area contributed by atoms with Gasteiger partial charge < -0.3 is 9.42 Å². The number of pyridine rings is 1. The van der Waals surface area contributed by atoms with Crippen molar-refractivity contribution < 1.29 is 22.5 Å². The zero-order chi connectivity index (χ0) is 20.4. The highest BCUT2D eigenvalue weighted by atomic mass is 19.4. The van der Waals surface area contributed by atoms with Crippen molar-refractivity contribution >= 4 is 6.41 Å². The molecule has 0 N–H and O–H groups in total. The van der Waals surface area contributed by atoms with Gasteiger partial charge in [-0.25, -0.2) is 0 Å². The summed E-state index contributed by atoms with van der Waals surface area (Å²) < 4.78 is 43.9. The predicted molar refractivity (Wildman–Crippen MR) is 96.7 cm³/mol. The highest BCUT2D eigenvalue weighted by molar-refractivity contribution is 5.49. The van der Waals surface area contributed by atoms with Gasteiger partial charge in [0.1, 0.15) is 5.69 Å². The maximum Gasteiger partial charge on any atom is 0.416 e. The molecule has 0 bridgehead atoms. The lowest BCUT2D eigenvalue weighted by atomic mass is 9.84. The standard InChI is InChI=1S/C20H17F3N4O2/c21-20(22,23)16-6-4-13(5-7-16)14-9-15(11-27(10-14)12-28)19-25-18(26-29-19)17-3-1-2-8-24-17/h1-8,12,14-15H,9-11H2. The average Bonchev–Trinajstić information content (AvgIpc) is 3.24. The second-order valence-electron chi connectivity index (χ2n) is 6.98. The molecule has 1 aliphatic rings. The molecule has 0 radical (unpaired) electrons. The molecule has 1 aromatic carbocycles. The summed E-state index contributed by atoms with van der Waals surface area (Å²) in [4.78, 5) is 21.6. The first kappa shape index (κ1) is 19.1. The molecule has 1 fully saturated rings. The second-order valence-corrected chi connectivity index (χ2v) is 6.98. The van der Waals surface area contributed by atoms with Crippen molar-refractivity contribution in [2.24, 2.45) is 0 Å². The van der Waals surface area contributed by atoms with Crippen LogP contribution in [0.15, 0.2) is 53.2 Å². The van der Waals surface area contributed by atoms with E-state index in [4.69, 9.17) is 4.52 Å². The van der Waals surface area contributed by atoms with Gasteiger partial charge >= 0.3 is 6.18 Å². The molecule has 1 amide bonds. The minimum atomic E-state index is -4.38. The van der Waals surface area contributed by atoms with E-state index in [-0.39, 0.29) is 11.8 Å². The van der Waals surface area contributed by atoms with Gasteiger partial charge in [0.2, 0.25) is 18.1 Å². The van der Waals surface area contributed by atoms with Crippen LogP contribution >= 0.6 is 0 Å². The molecule has 0 spiro atoms. The van der Waals surface area contributed by atoms with Crippen molar-refractivity contribution in [1.29, 1.82) is 0 Å². The fourth-order valence-electron chi connectivity index (χ4n) is 3.58. The number of carbonyl (C=O) groups excluding carboxylic acids is 1. The van der Waals surface area contributed by atoms with E-state index in [2.05, 4.69) is 15.1 Å². The zero-order valence-corrected chi connectivity index (χ0v) is 15.2. The summed E-state index contributed by atoms with van der Waals surface area (Å²) in [5.41, 5.74) is 0.613. The highest BCUT2D eigenvalue weighted by Crippen LogP contribution is 2.36. The third-order valence-corrected chi connectivity index (χ3v) is 5.02. The monoisotopic (exact) mass is 402 g/mol. The first-order valence-electron chi connectivity index (χ1n) is 9.05. The minimum Gasteiger partial charge on any atom is -0.344 e. The van der Waals surface area contributed by atoms with Crippen molar-refractivity contribution in [3.8, 4) is 11.5 Å². The van der Waals surface area contributed by atoms with Gasteiger partial charge in [-0.3, -0.25) is 9.78 Å². The summed E-state index contributed by atoms with van der Waals surface area (Å²) in [6, 6.07) is 10.4. The van der Waals surface area contributed by atoms with Crippen LogP contribution < -0.4 is 0 Å². The highest BCUT2D eigenvalue weighted by Gasteiger charge is 2.34. The molecule has 6 nitrogen and oxygen atoms in total. The number of rotatable bonds is 4. The Morgan fingerprint density at radius 2 is 1.83 bits per heavy atom. The lowest BCUT2D eigenvalue weighted by Gasteiger charge is -2.34. The first-order valence-corrected chi connectivity index (χ1v) is 9.05. The molecule has 29 heavy (non-hydrogen) atoms. The molecule has 2 unspecified atom stereocenters. The number of piperidine rings is 1. The molecular weight excluding hydrogens is 385 g/mol. The Labute approximate surface area is 164 Å². The van der Waals surface area contributed by atoms with Crippen LogP contribution in [-0.4, -0.2) is 39.5 Å². The normalized spacial score (nSPS) is 19.9. The molecule has 4 rings (SSSR count). The summed E-state index contributed by atoms with van der Waals surface area (Å²) in [5, 5.41) is 3.97. The van der Waals surface area contributed by atoms with Gasteiger partial charge in [-0.2, -0.15) is 18.2 Å². The SMILES string of the molecule is O=CN1CC(c2ccc(C(F)(F)F)cc2)CC(c2nc(-c3ccccn3)no2)C1. The number of hydrogen-bond donors (Lipinski definition) is 0. The van der Waals surface area contributed by atoms with Crippen LogP contribution in [0.25, 0.3) is 11.5 Å². The number of halogens is 3. The largest absolute Gasteiger partial charge is 0.416 e. The summed E-state index contributed by atoms with van der Waals surface area (Å²) >= 11 is 0. The number of benzene rings is 1. The number of nitrogens with zero attached hydrogens (tertiary/aromatic N) is 4. The molecule has 3 aromatic rings. The molecule has 2 atom stereocenters. The Hall–Kier alpha value is -3.23. The van der Waals surface area contributed by atoms with E-state index in [1.165, 1.54) is 12.1 Å². The minimum absolute atomic E-state index is 0.133. The number of likely N-dealkylation sites (tertiary alicyclic amines) is 1. The number of alkyl halides is 3. The third-order valence-electron chi connectivity index (χ3n) is 5.02. The summed E-state index contributed by atoms with van der Waals surface area (Å²) in [7, 11) is 0. The predicted octanol–water partition coefficient (Wildman–Crippen LogP) is 3.88. The van der Waals surface area contributed by atoms with Gasteiger partial charge in [0, 0.05) is 25.2 Å². The van der Waals surface area contributed by atoms with E-state index >= 15 is 0 Å². The maximum absolute atomic E-state index is 12.8. The van der Waals surface area contributed by atoms with E-state index in [0.29, 0.717) is 36.9 Å². The lowest BCUT2D eigenvalue weighted by molar-refractivity contribution is -0.137. The van der Waals surface area contributed by atoms with E-state index in [0.717, 1.165) is 24.1 Å². The molecule has 2 aromatic heterocycles. The van der Waals surface area contributed by atoms with Crippen molar-refractivity contribution in [2.75, 3.05) is 13.1 Å². The number of amides is 1. The van der Waals surface area contributed by atoms with Crippen LogP contribution in [0.2, 0.25) is 0 Å². The van der Waals surface area contributed by atoms with Gasteiger partial charge in [-0.05, 0) is 36.2 Å². The smallest absolute Gasteiger partial charge is 0.344 e. The topological polar surface area (TPSA) is 72.1 Å². The molecule has 9 heteroatoms. The van der Waals surface area contributed by atoms with Crippen LogP contribution in [0, 0.1) is 0 Å². The fourth-order valence-corrected chi connectivity index (χ4v) is 3.58. The summed E-state index contributed by atoms with van der Waals surface area (Å²) in [6.07, 6.45) is -1.44. The van der Waals surface area contributed by atoms with E-state index in [9.17, 15) is 18.0 Å². The Morgan fingerprint density at radius 1 is 1.07 bits per heavy atom. The first-order chi connectivity index (χ1) is 13.9. The lowest BCUT2D eigenvalue weighted by Crippen LogP contribution is -2.37. The molecular formula is C20H17F3N4O2. The number of hydrogen-bond acceptors (Lipinski definition) is 5. The van der Waals surface area contributed by atoms with Crippen LogP contribution in [0.4, 0.5) is 13.2 Å². The average molecular weight is 402 g/mol. The molecule has 3 heterocycles. The van der Waals surface area contributed by atoms with Gasteiger partial charge in [0.25, 0.3) is 0 Å². The summed E-state index contributed by atoms with van der Waals surface area (Å²) in [5.74, 6) is 0.390. The van der Waals surface area contributed by atoms with Crippen LogP contribution in [-0.2, 0) is 11.0 Å². The van der Waals surface area contributed by atoms with Crippen LogP contribution in [0.1, 0.15) is 35.3 Å². The van der Waals surface area contributed by atoms with Gasteiger partial charge in [-0.15, -0.1) is 0 Å². The van der Waals surface area contributed by atoms with Crippen molar-refractivity contribution in [3.63, 3.8) is 0 Å². The van der Waals surface area contributed by atoms with Crippen molar-refractivity contribution in [2.45, 2.75) is 24.4 Å². The Morgan fingerprint density at radius 3 is 2.48 bits per heavy atom. The Kier molecular flexibility index (Phi) is 5.04. The molecule has 1 saturated heterocycles. The Bertz CT molecular complexity index is 973. The van der Waals surface area contributed by atoms with Crippen LogP contribution in [0.5, 0.6) is 0 Å². The van der Waals surface area contributed by atoms with Gasteiger partial charge in [0.05, 0.1) is 11.5 Å².